The highest BCUT2D eigenvalue weighted by Crippen LogP contribution is 2.37. The number of carbonyl (C=O) groups excluding carboxylic acids is 2. The maximum Gasteiger partial charge on any atom is 0.411 e. The molecule has 2 fully saturated rings. The summed E-state index contributed by atoms with van der Waals surface area (Å²) < 4.78 is 26.1. The van der Waals surface area contributed by atoms with E-state index in [1.807, 2.05) is 13.0 Å². The SMILES string of the molecule is Cc1ccc(C(=O)N2CCC(F)(c3ccc(C#N)cc3)CC2)cc1NC(=O)O[C@@H]1CCOC1. The van der Waals surface area contributed by atoms with Crippen LogP contribution in [0, 0.1) is 18.3 Å². The topological polar surface area (TPSA) is 91.7 Å². The Labute approximate surface area is 192 Å². The average Bonchev–Trinajstić information content (AvgIpc) is 3.33. The predicted molar refractivity (Wildman–Crippen MR) is 120 cm³/mol. The zero-order valence-electron chi connectivity index (χ0n) is 18.5. The number of nitrogens with one attached hydrogen (secondary N) is 1. The third-order valence-electron chi connectivity index (χ3n) is 6.26. The summed E-state index contributed by atoms with van der Waals surface area (Å²) in [7, 11) is 0. The molecular formula is C25H26FN3O4. The molecule has 33 heavy (non-hydrogen) atoms. The summed E-state index contributed by atoms with van der Waals surface area (Å²) in [5.74, 6) is -0.211. The number of alkyl halides is 1. The lowest BCUT2D eigenvalue weighted by Crippen LogP contribution is -2.43. The number of nitrogens with zero attached hydrogens (tertiary/aromatic N) is 2. The third-order valence-corrected chi connectivity index (χ3v) is 6.26. The molecule has 2 saturated heterocycles. The highest BCUT2D eigenvalue weighted by molar-refractivity contribution is 5.96. The van der Waals surface area contributed by atoms with Crippen molar-refractivity contribution >= 4 is 17.7 Å². The molecule has 0 bridgehead atoms. The van der Waals surface area contributed by atoms with E-state index in [0.717, 1.165) is 5.56 Å². The van der Waals surface area contributed by atoms with E-state index in [0.29, 0.717) is 42.0 Å². The predicted octanol–water partition coefficient (Wildman–Crippen LogP) is 4.31. The smallest absolute Gasteiger partial charge is 0.411 e. The second kappa shape index (κ2) is 9.59. The van der Waals surface area contributed by atoms with Crippen LogP contribution in [0.4, 0.5) is 14.9 Å². The van der Waals surface area contributed by atoms with Crippen LogP contribution in [0.15, 0.2) is 42.5 Å². The first kappa shape index (κ1) is 22.7. The van der Waals surface area contributed by atoms with Gasteiger partial charge in [-0.05, 0) is 42.3 Å². The largest absolute Gasteiger partial charge is 0.443 e. The lowest BCUT2D eigenvalue weighted by Gasteiger charge is -2.37. The summed E-state index contributed by atoms with van der Waals surface area (Å²) in [5, 5.41) is 11.6. The third kappa shape index (κ3) is 5.15. The average molecular weight is 451 g/mol. The minimum absolute atomic E-state index is 0.178. The van der Waals surface area contributed by atoms with Gasteiger partial charge in [0, 0.05) is 43.6 Å². The minimum Gasteiger partial charge on any atom is -0.443 e. The first-order chi connectivity index (χ1) is 15.9. The van der Waals surface area contributed by atoms with Crippen LogP contribution in [0.25, 0.3) is 0 Å². The lowest BCUT2D eigenvalue weighted by molar-refractivity contribution is 0.0421. The molecule has 1 N–H and O–H groups in total. The van der Waals surface area contributed by atoms with Gasteiger partial charge in [0.25, 0.3) is 5.91 Å². The maximum atomic E-state index is 15.5. The maximum absolute atomic E-state index is 15.5. The van der Waals surface area contributed by atoms with Crippen molar-refractivity contribution in [1.29, 1.82) is 5.26 Å². The van der Waals surface area contributed by atoms with E-state index < -0.39 is 11.8 Å². The monoisotopic (exact) mass is 451 g/mol. The number of likely N-dealkylation sites (tertiary alicyclic amines) is 1. The summed E-state index contributed by atoms with van der Waals surface area (Å²) in [6.45, 7) is 3.34. The highest BCUT2D eigenvalue weighted by Gasteiger charge is 2.37. The van der Waals surface area contributed by atoms with Crippen LogP contribution in [-0.2, 0) is 15.1 Å². The Balaban J connectivity index is 1.39. The Bertz CT molecular complexity index is 1070. The Hall–Kier alpha value is -3.44. The first-order valence-electron chi connectivity index (χ1n) is 11.0. The van der Waals surface area contributed by atoms with Gasteiger partial charge in [-0.1, -0.05) is 18.2 Å². The van der Waals surface area contributed by atoms with Gasteiger partial charge in [0.15, 0.2) is 0 Å². The van der Waals surface area contributed by atoms with E-state index in [1.165, 1.54) is 0 Å². The molecule has 4 rings (SSSR count). The molecule has 2 aliphatic heterocycles. The van der Waals surface area contributed by atoms with E-state index >= 15 is 4.39 Å². The van der Waals surface area contributed by atoms with Crippen molar-refractivity contribution in [3.63, 3.8) is 0 Å². The van der Waals surface area contributed by atoms with Gasteiger partial charge in [-0.2, -0.15) is 5.26 Å². The fraction of sp³-hybridized carbons (Fsp3) is 0.400. The minimum atomic E-state index is -1.53. The van der Waals surface area contributed by atoms with Crippen LogP contribution in [0.1, 0.15) is 46.3 Å². The van der Waals surface area contributed by atoms with Gasteiger partial charge < -0.3 is 14.4 Å². The molecule has 7 nitrogen and oxygen atoms in total. The molecule has 0 saturated carbocycles. The lowest BCUT2D eigenvalue weighted by atomic mass is 9.85. The molecule has 2 heterocycles. The first-order valence-corrected chi connectivity index (χ1v) is 11.0. The van der Waals surface area contributed by atoms with Crippen molar-refractivity contribution in [3.05, 3.63) is 64.7 Å². The quantitative estimate of drug-likeness (QED) is 0.748. The Morgan fingerprint density at radius 3 is 2.58 bits per heavy atom. The van der Waals surface area contributed by atoms with Gasteiger partial charge in [0.1, 0.15) is 11.8 Å². The van der Waals surface area contributed by atoms with Crippen molar-refractivity contribution in [2.24, 2.45) is 0 Å². The fourth-order valence-electron chi connectivity index (χ4n) is 4.17. The summed E-state index contributed by atoms with van der Waals surface area (Å²) in [5.41, 5.74) is 1.21. The van der Waals surface area contributed by atoms with Gasteiger partial charge in [-0.15, -0.1) is 0 Å². The fourth-order valence-corrected chi connectivity index (χ4v) is 4.17. The number of piperidine rings is 1. The van der Waals surface area contributed by atoms with Crippen LogP contribution in [-0.4, -0.2) is 49.3 Å². The molecule has 2 aliphatic rings. The van der Waals surface area contributed by atoms with Crippen molar-refractivity contribution in [2.75, 3.05) is 31.6 Å². The van der Waals surface area contributed by atoms with Crippen LogP contribution in [0.5, 0.6) is 0 Å². The van der Waals surface area contributed by atoms with Crippen LogP contribution in [0.3, 0.4) is 0 Å². The van der Waals surface area contributed by atoms with Crippen LogP contribution < -0.4 is 5.32 Å². The number of aryl methyl sites for hydroxylation is 1. The van der Waals surface area contributed by atoms with Crippen LogP contribution in [0.2, 0.25) is 0 Å². The summed E-state index contributed by atoms with van der Waals surface area (Å²) in [6, 6.07) is 13.6. The zero-order valence-corrected chi connectivity index (χ0v) is 18.5. The number of benzene rings is 2. The number of carbonyl (C=O) groups is 2. The molecule has 172 valence electrons. The summed E-state index contributed by atoms with van der Waals surface area (Å²) in [4.78, 5) is 26.9. The van der Waals surface area contributed by atoms with Gasteiger partial charge in [-0.3, -0.25) is 10.1 Å². The standard InChI is InChI=1S/C25H26FN3O4/c1-17-2-5-19(14-22(17)28-24(31)33-21-8-13-32-16-21)23(30)29-11-9-25(26,10-12-29)20-6-3-18(15-27)4-7-20/h2-7,14,21H,8-13,16H2,1H3,(H,28,31)/t21-/m1/s1. The van der Waals surface area contributed by atoms with Gasteiger partial charge >= 0.3 is 6.09 Å². The number of nitriles is 1. The molecule has 0 unspecified atom stereocenters. The second-order valence-corrected chi connectivity index (χ2v) is 8.49. The Morgan fingerprint density at radius 2 is 1.94 bits per heavy atom. The number of amides is 2. The van der Waals surface area contributed by atoms with E-state index in [-0.39, 0.29) is 37.9 Å². The van der Waals surface area contributed by atoms with Crippen molar-refractivity contribution in [1.82, 2.24) is 4.90 Å². The molecule has 8 heteroatoms. The van der Waals surface area contributed by atoms with E-state index in [9.17, 15) is 9.59 Å². The Morgan fingerprint density at radius 1 is 1.21 bits per heavy atom. The molecule has 0 aliphatic carbocycles. The zero-order chi connectivity index (χ0) is 23.4. The molecular weight excluding hydrogens is 425 g/mol. The van der Waals surface area contributed by atoms with Gasteiger partial charge in [0.2, 0.25) is 0 Å². The van der Waals surface area contributed by atoms with Crippen LogP contribution >= 0.6 is 0 Å². The molecule has 2 aromatic carbocycles. The highest BCUT2D eigenvalue weighted by atomic mass is 19.1. The van der Waals surface area contributed by atoms with E-state index in [4.69, 9.17) is 14.7 Å². The van der Waals surface area contributed by atoms with Gasteiger partial charge in [0.05, 0.1) is 24.8 Å². The summed E-state index contributed by atoms with van der Waals surface area (Å²) in [6.07, 6.45) is 0.175. The normalized spacial score (nSPS) is 19.5. The molecule has 2 aromatic rings. The molecule has 0 spiro atoms. The number of hydrogen-bond acceptors (Lipinski definition) is 5. The number of ether oxygens (including phenoxy) is 2. The summed E-state index contributed by atoms with van der Waals surface area (Å²) >= 11 is 0. The van der Waals surface area contributed by atoms with Crippen molar-refractivity contribution < 1.29 is 23.5 Å². The molecule has 1 atom stereocenters. The second-order valence-electron chi connectivity index (χ2n) is 8.49. The number of rotatable bonds is 4. The molecule has 0 radical (unpaired) electrons. The van der Waals surface area contributed by atoms with E-state index in [1.54, 1.807) is 47.4 Å². The Kier molecular flexibility index (Phi) is 6.61. The van der Waals surface area contributed by atoms with Crippen molar-refractivity contribution in [3.8, 4) is 6.07 Å². The molecule has 0 aromatic heterocycles. The van der Waals surface area contributed by atoms with Gasteiger partial charge in [-0.25, -0.2) is 9.18 Å². The number of halogens is 1. The molecule has 2 amide bonds. The number of anilines is 1. The van der Waals surface area contributed by atoms with Crippen molar-refractivity contribution in [2.45, 2.75) is 38.0 Å². The van der Waals surface area contributed by atoms with E-state index in [2.05, 4.69) is 5.32 Å². The number of hydrogen-bond donors (Lipinski definition) is 1.